The maximum absolute atomic E-state index is 12.7. The predicted octanol–water partition coefficient (Wildman–Crippen LogP) is 2.67. The Morgan fingerprint density at radius 2 is 1.87 bits per heavy atom. The summed E-state index contributed by atoms with van der Waals surface area (Å²) in [7, 11) is 0. The van der Waals surface area contributed by atoms with E-state index in [0.29, 0.717) is 5.69 Å². The average molecular weight is 326 g/mol. The Hall–Kier alpha value is -2.34. The molecule has 0 radical (unpaired) electrons. The highest BCUT2D eigenvalue weighted by Gasteiger charge is 2.24. The highest BCUT2D eigenvalue weighted by molar-refractivity contribution is 7.15. The number of benzene rings is 1. The zero-order valence-corrected chi connectivity index (χ0v) is 13.8. The lowest BCUT2D eigenvalue weighted by Gasteiger charge is -2.35. The quantitative estimate of drug-likeness (QED) is 0.727. The van der Waals surface area contributed by atoms with Gasteiger partial charge in [-0.2, -0.15) is 0 Å². The van der Waals surface area contributed by atoms with E-state index in [4.69, 9.17) is 0 Å². The predicted molar refractivity (Wildman–Crippen MR) is 92.4 cm³/mol. The van der Waals surface area contributed by atoms with Crippen molar-refractivity contribution in [2.75, 3.05) is 31.1 Å². The lowest BCUT2D eigenvalue weighted by Crippen LogP contribution is -2.48. The fourth-order valence-electron chi connectivity index (χ4n) is 2.97. The molecule has 1 amide bonds. The van der Waals surface area contributed by atoms with Crippen LogP contribution in [-0.4, -0.2) is 46.4 Å². The number of imidazole rings is 1. The second-order valence-electron chi connectivity index (χ2n) is 5.77. The van der Waals surface area contributed by atoms with Gasteiger partial charge in [-0.15, -0.1) is 11.3 Å². The van der Waals surface area contributed by atoms with Gasteiger partial charge in [-0.05, 0) is 19.1 Å². The second-order valence-corrected chi connectivity index (χ2v) is 6.61. The zero-order valence-electron chi connectivity index (χ0n) is 13.0. The van der Waals surface area contributed by atoms with Crippen LogP contribution in [0.3, 0.4) is 0 Å². The van der Waals surface area contributed by atoms with Crippen LogP contribution in [0.2, 0.25) is 0 Å². The average Bonchev–Trinajstić information content (AvgIpc) is 3.18. The number of amides is 1. The van der Waals surface area contributed by atoms with E-state index in [9.17, 15) is 4.79 Å². The fourth-order valence-corrected chi connectivity index (χ4v) is 3.82. The number of carbonyl (C=O) groups excluding carboxylic acids is 1. The van der Waals surface area contributed by atoms with Crippen molar-refractivity contribution >= 4 is 27.9 Å². The largest absolute Gasteiger partial charge is 0.368 e. The van der Waals surface area contributed by atoms with Crippen molar-refractivity contribution in [2.24, 2.45) is 0 Å². The topological polar surface area (TPSA) is 40.9 Å². The molecule has 3 heterocycles. The van der Waals surface area contributed by atoms with Gasteiger partial charge < -0.3 is 9.80 Å². The molecule has 0 spiro atoms. The summed E-state index contributed by atoms with van der Waals surface area (Å²) in [6, 6.07) is 10.4. The Balaban J connectivity index is 1.46. The minimum Gasteiger partial charge on any atom is -0.368 e. The van der Waals surface area contributed by atoms with E-state index in [2.05, 4.69) is 27.4 Å². The number of thiazole rings is 1. The number of hydrogen-bond acceptors (Lipinski definition) is 4. The molecular formula is C17H18N4OS. The van der Waals surface area contributed by atoms with Crippen LogP contribution in [0.25, 0.3) is 4.96 Å². The Morgan fingerprint density at radius 1 is 1.13 bits per heavy atom. The first-order valence-corrected chi connectivity index (χ1v) is 8.63. The molecule has 3 aromatic rings. The highest BCUT2D eigenvalue weighted by atomic mass is 32.1. The number of rotatable bonds is 2. The van der Waals surface area contributed by atoms with Gasteiger partial charge in [0.25, 0.3) is 5.91 Å². The summed E-state index contributed by atoms with van der Waals surface area (Å²) in [5, 5.41) is 2.05. The molecule has 0 atom stereocenters. The molecule has 6 heteroatoms. The Kier molecular flexibility index (Phi) is 3.53. The van der Waals surface area contributed by atoms with Gasteiger partial charge in [0.15, 0.2) is 4.96 Å². The molecule has 5 nitrogen and oxygen atoms in total. The van der Waals surface area contributed by atoms with Crippen molar-refractivity contribution in [3.05, 3.63) is 53.3 Å². The van der Waals surface area contributed by atoms with E-state index >= 15 is 0 Å². The Morgan fingerprint density at radius 3 is 2.57 bits per heavy atom. The summed E-state index contributed by atoms with van der Waals surface area (Å²) >= 11 is 1.57. The van der Waals surface area contributed by atoms with E-state index in [0.717, 1.165) is 36.8 Å². The van der Waals surface area contributed by atoms with E-state index in [1.807, 2.05) is 40.6 Å². The third-order valence-corrected chi connectivity index (χ3v) is 5.25. The highest BCUT2D eigenvalue weighted by Crippen LogP contribution is 2.19. The van der Waals surface area contributed by atoms with Gasteiger partial charge in [-0.25, -0.2) is 4.98 Å². The van der Waals surface area contributed by atoms with Gasteiger partial charge >= 0.3 is 0 Å². The van der Waals surface area contributed by atoms with E-state index < -0.39 is 0 Å². The summed E-state index contributed by atoms with van der Waals surface area (Å²) in [5.41, 5.74) is 2.89. The van der Waals surface area contributed by atoms with Crippen molar-refractivity contribution < 1.29 is 4.79 Å². The zero-order chi connectivity index (χ0) is 15.8. The molecule has 1 aromatic carbocycles. The fraction of sp³-hybridized carbons (Fsp3) is 0.294. The molecule has 1 aliphatic rings. The second kappa shape index (κ2) is 5.70. The SMILES string of the molecule is Cc1csc2nc(C(=O)N3CCN(c4ccccc4)CC3)cn12. The molecule has 118 valence electrons. The monoisotopic (exact) mass is 326 g/mol. The van der Waals surface area contributed by atoms with E-state index in [-0.39, 0.29) is 5.91 Å². The molecule has 4 rings (SSSR count). The molecule has 1 saturated heterocycles. The van der Waals surface area contributed by atoms with Gasteiger partial charge in [-0.3, -0.25) is 9.20 Å². The number of para-hydroxylation sites is 1. The van der Waals surface area contributed by atoms with Crippen LogP contribution in [0.5, 0.6) is 0 Å². The number of nitrogens with zero attached hydrogens (tertiary/aromatic N) is 4. The number of carbonyl (C=O) groups is 1. The van der Waals surface area contributed by atoms with E-state index in [1.54, 1.807) is 11.3 Å². The van der Waals surface area contributed by atoms with Gasteiger partial charge in [0.2, 0.25) is 0 Å². The molecule has 0 bridgehead atoms. The molecule has 1 fully saturated rings. The van der Waals surface area contributed by atoms with Crippen LogP contribution < -0.4 is 4.90 Å². The molecule has 0 aliphatic carbocycles. The molecule has 0 saturated carbocycles. The number of hydrogen-bond donors (Lipinski definition) is 0. The molecule has 1 aliphatic heterocycles. The smallest absolute Gasteiger partial charge is 0.274 e. The number of aromatic nitrogens is 2. The summed E-state index contributed by atoms with van der Waals surface area (Å²) in [4.78, 5) is 22.2. The lowest BCUT2D eigenvalue weighted by atomic mass is 10.2. The van der Waals surface area contributed by atoms with Crippen molar-refractivity contribution in [1.82, 2.24) is 14.3 Å². The van der Waals surface area contributed by atoms with Crippen molar-refractivity contribution in [3.8, 4) is 0 Å². The molecule has 0 unspecified atom stereocenters. The van der Waals surface area contributed by atoms with Crippen molar-refractivity contribution in [1.29, 1.82) is 0 Å². The van der Waals surface area contributed by atoms with Crippen LogP contribution in [0.4, 0.5) is 5.69 Å². The first-order valence-electron chi connectivity index (χ1n) is 7.75. The molecule has 2 aromatic heterocycles. The lowest BCUT2D eigenvalue weighted by molar-refractivity contribution is 0.0741. The van der Waals surface area contributed by atoms with Crippen LogP contribution in [0, 0.1) is 6.92 Å². The third kappa shape index (κ3) is 2.59. The number of aryl methyl sites for hydroxylation is 1. The van der Waals surface area contributed by atoms with Crippen LogP contribution >= 0.6 is 11.3 Å². The van der Waals surface area contributed by atoms with Crippen LogP contribution in [-0.2, 0) is 0 Å². The van der Waals surface area contributed by atoms with Gasteiger partial charge in [-0.1, -0.05) is 18.2 Å². The standard InChI is InChI=1S/C17H18N4OS/c1-13-12-23-17-18-15(11-21(13)17)16(22)20-9-7-19(8-10-20)14-5-3-2-4-6-14/h2-6,11-12H,7-10H2,1H3. The first kappa shape index (κ1) is 14.3. The van der Waals surface area contributed by atoms with Crippen molar-refractivity contribution in [3.63, 3.8) is 0 Å². The normalized spacial score (nSPS) is 15.3. The molecule has 0 N–H and O–H groups in total. The van der Waals surface area contributed by atoms with Gasteiger partial charge in [0, 0.05) is 49.1 Å². The van der Waals surface area contributed by atoms with Crippen LogP contribution in [0.1, 0.15) is 16.2 Å². The summed E-state index contributed by atoms with van der Waals surface area (Å²) in [6.45, 7) is 5.21. The number of piperazine rings is 1. The minimum atomic E-state index is 0.0352. The number of anilines is 1. The van der Waals surface area contributed by atoms with Gasteiger partial charge in [0.05, 0.1) is 0 Å². The van der Waals surface area contributed by atoms with Crippen LogP contribution in [0.15, 0.2) is 41.9 Å². The maximum atomic E-state index is 12.7. The van der Waals surface area contributed by atoms with E-state index in [1.165, 1.54) is 5.69 Å². The summed E-state index contributed by atoms with van der Waals surface area (Å²) in [6.07, 6.45) is 1.85. The first-order chi connectivity index (χ1) is 11.2. The Bertz CT molecular complexity index is 831. The summed E-state index contributed by atoms with van der Waals surface area (Å²) < 4.78 is 1.98. The van der Waals surface area contributed by atoms with Gasteiger partial charge in [0.1, 0.15) is 5.69 Å². The molecular weight excluding hydrogens is 308 g/mol. The number of fused-ring (bicyclic) bond motifs is 1. The maximum Gasteiger partial charge on any atom is 0.274 e. The third-order valence-electron chi connectivity index (χ3n) is 4.30. The Labute approximate surface area is 138 Å². The summed E-state index contributed by atoms with van der Waals surface area (Å²) in [5.74, 6) is 0.0352. The molecule has 23 heavy (non-hydrogen) atoms. The minimum absolute atomic E-state index is 0.0352. The van der Waals surface area contributed by atoms with Crippen molar-refractivity contribution in [2.45, 2.75) is 6.92 Å².